The summed E-state index contributed by atoms with van der Waals surface area (Å²) in [6.07, 6.45) is 0.270. The van der Waals surface area contributed by atoms with E-state index in [-0.39, 0.29) is 24.0 Å². The Morgan fingerprint density at radius 3 is 2.62 bits per heavy atom. The van der Waals surface area contributed by atoms with Gasteiger partial charge in [0.1, 0.15) is 12.1 Å². The molecule has 0 spiro atoms. The summed E-state index contributed by atoms with van der Waals surface area (Å²) in [7, 11) is 0. The van der Waals surface area contributed by atoms with Gasteiger partial charge in [0.05, 0.1) is 5.69 Å². The van der Waals surface area contributed by atoms with Gasteiger partial charge in [0.2, 0.25) is 11.6 Å². The lowest BCUT2D eigenvalue weighted by atomic mass is 10.0. The van der Waals surface area contributed by atoms with Crippen LogP contribution in [0.3, 0.4) is 0 Å². The minimum absolute atomic E-state index is 0.177. The monoisotopic (exact) mass is 280 g/mol. The third-order valence-corrected chi connectivity index (χ3v) is 2.86. The molecule has 0 saturated carbocycles. The Hall–Kier alpha value is -3.19. The average molecular weight is 280 g/mol. The van der Waals surface area contributed by atoms with Crippen molar-refractivity contribution in [2.24, 2.45) is 16.1 Å². The summed E-state index contributed by atoms with van der Waals surface area (Å²) in [5.41, 5.74) is 2.76. The third kappa shape index (κ3) is 3.23. The molecular weight excluding hydrogens is 268 g/mol. The molecule has 1 heterocycles. The first kappa shape index (κ1) is 14.2. The van der Waals surface area contributed by atoms with Crippen LogP contribution in [0.1, 0.15) is 13.3 Å². The summed E-state index contributed by atoms with van der Waals surface area (Å²) in [6, 6.07) is 12.5. The van der Waals surface area contributed by atoms with E-state index in [1.807, 2.05) is 25.1 Å². The molecule has 1 aromatic rings. The van der Waals surface area contributed by atoms with Crippen molar-refractivity contribution < 1.29 is 4.79 Å². The summed E-state index contributed by atoms with van der Waals surface area (Å²) in [5, 5.41) is 27.2. The van der Waals surface area contributed by atoms with Gasteiger partial charge >= 0.3 is 0 Å². The fourth-order valence-corrected chi connectivity index (χ4v) is 1.88. The summed E-state index contributed by atoms with van der Waals surface area (Å²) in [4.78, 5) is 11.3. The van der Waals surface area contributed by atoms with Gasteiger partial charge in [0.15, 0.2) is 5.84 Å². The van der Waals surface area contributed by atoms with Gasteiger partial charge in [-0.2, -0.15) is 15.6 Å². The lowest BCUT2D eigenvalue weighted by Crippen LogP contribution is -2.40. The lowest BCUT2D eigenvalue weighted by molar-refractivity contribution is -0.121. The highest BCUT2D eigenvalue weighted by atomic mass is 16.2. The summed E-state index contributed by atoms with van der Waals surface area (Å²) < 4.78 is 0. The summed E-state index contributed by atoms with van der Waals surface area (Å²) in [6.45, 7) is 1.83. The number of benzene rings is 1. The van der Waals surface area contributed by atoms with Crippen LogP contribution in [-0.4, -0.2) is 17.5 Å². The number of hydrazone groups is 2. The van der Waals surface area contributed by atoms with Crippen LogP contribution in [0.4, 0.5) is 5.69 Å². The highest BCUT2D eigenvalue weighted by Gasteiger charge is 2.26. The number of rotatable bonds is 2. The molecule has 1 N–H and O–H groups in total. The van der Waals surface area contributed by atoms with E-state index in [2.05, 4.69) is 15.6 Å². The Morgan fingerprint density at radius 2 is 2.05 bits per heavy atom. The second-order valence-electron chi connectivity index (χ2n) is 4.43. The highest BCUT2D eigenvalue weighted by molar-refractivity contribution is 6.13. The van der Waals surface area contributed by atoms with Gasteiger partial charge in [-0.1, -0.05) is 25.1 Å². The number of nitrogens with one attached hydrogen (secondary N) is 1. The fraction of sp³-hybridized carbons (Fsp3) is 0.214. The Balaban J connectivity index is 2.48. The number of amidine groups is 1. The highest BCUT2D eigenvalue weighted by Crippen LogP contribution is 2.21. The van der Waals surface area contributed by atoms with E-state index in [0.29, 0.717) is 11.5 Å². The number of hydrogen-bond acceptors (Lipinski definition) is 6. The number of hydrogen-bond donors (Lipinski definition) is 1. The first-order chi connectivity index (χ1) is 10.2. The Kier molecular flexibility index (Phi) is 4.27. The first-order valence-corrected chi connectivity index (χ1v) is 6.26. The quantitative estimate of drug-likeness (QED) is 0.652. The number of amides is 1. The van der Waals surface area contributed by atoms with Crippen molar-refractivity contribution in [3.63, 3.8) is 0 Å². The van der Waals surface area contributed by atoms with E-state index in [1.54, 1.807) is 24.3 Å². The fourth-order valence-electron chi connectivity index (χ4n) is 1.88. The maximum atomic E-state index is 11.3. The van der Waals surface area contributed by atoms with Gasteiger partial charge in [-0.05, 0) is 12.1 Å². The molecule has 0 fully saturated rings. The number of carbonyl (C=O) groups excluding carboxylic acids is 1. The van der Waals surface area contributed by atoms with Crippen molar-refractivity contribution in [1.29, 1.82) is 10.5 Å². The van der Waals surface area contributed by atoms with Crippen LogP contribution in [0.15, 0.2) is 40.5 Å². The molecule has 1 aliphatic rings. The van der Waals surface area contributed by atoms with Crippen molar-refractivity contribution in [3.8, 4) is 12.1 Å². The molecule has 0 aliphatic carbocycles. The number of anilines is 1. The van der Waals surface area contributed by atoms with E-state index in [9.17, 15) is 4.79 Å². The first-order valence-electron chi connectivity index (χ1n) is 6.26. The van der Waals surface area contributed by atoms with Crippen molar-refractivity contribution in [2.75, 3.05) is 5.01 Å². The van der Waals surface area contributed by atoms with E-state index >= 15 is 0 Å². The van der Waals surface area contributed by atoms with Gasteiger partial charge in [0.25, 0.3) is 0 Å². The second kappa shape index (κ2) is 6.31. The van der Waals surface area contributed by atoms with Crippen molar-refractivity contribution >= 4 is 23.1 Å². The minimum atomic E-state index is -0.286. The summed E-state index contributed by atoms with van der Waals surface area (Å²) in [5.74, 6) is 0.120. The topological polar surface area (TPSA) is 105 Å². The number of para-hydroxylation sites is 1. The molecule has 0 bridgehead atoms. The normalized spacial score (nSPS) is 16.8. The SMILES string of the molecule is CC1CC(=O)NN=C1N(N=C(C#N)C#N)c1ccccc1. The summed E-state index contributed by atoms with van der Waals surface area (Å²) >= 11 is 0. The predicted octanol–water partition coefficient (Wildman–Crippen LogP) is 1.37. The van der Waals surface area contributed by atoms with Crippen molar-refractivity contribution in [1.82, 2.24) is 5.43 Å². The zero-order chi connectivity index (χ0) is 15.2. The van der Waals surface area contributed by atoms with Gasteiger partial charge in [-0.25, -0.2) is 10.4 Å². The van der Waals surface area contributed by atoms with Crippen LogP contribution in [0.25, 0.3) is 0 Å². The molecule has 1 amide bonds. The maximum absolute atomic E-state index is 11.3. The van der Waals surface area contributed by atoms with Crippen LogP contribution >= 0.6 is 0 Å². The number of nitrogens with zero attached hydrogens (tertiary/aromatic N) is 5. The number of nitriles is 2. The Bertz CT molecular complexity index is 664. The third-order valence-electron chi connectivity index (χ3n) is 2.86. The molecule has 1 aromatic carbocycles. The maximum Gasteiger partial charge on any atom is 0.240 e. The van der Waals surface area contributed by atoms with Crippen LogP contribution in [0.2, 0.25) is 0 Å². The molecule has 1 unspecified atom stereocenters. The van der Waals surface area contributed by atoms with E-state index in [0.717, 1.165) is 0 Å². The zero-order valence-corrected chi connectivity index (χ0v) is 11.3. The van der Waals surface area contributed by atoms with E-state index in [1.165, 1.54) is 5.01 Å². The predicted molar refractivity (Wildman–Crippen MR) is 76.9 cm³/mol. The van der Waals surface area contributed by atoms with E-state index < -0.39 is 0 Å². The Morgan fingerprint density at radius 1 is 1.38 bits per heavy atom. The molecule has 7 nitrogen and oxygen atoms in total. The minimum Gasteiger partial charge on any atom is -0.273 e. The molecular formula is C14H12N6O. The van der Waals surface area contributed by atoms with Gasteiger partial charge in [0, 0.05) is 12.3 Å². The molecule has 0 radical (unpaired) electrons. The standard InChI is InChI=1S/C14H12N6O/c1-10-7-13(21)17-18-14(10)20(19-11(8-15)9-16)12-5-3-2-4-6-12/h2-6,10H,7H2,1H3,(H,17,21). The van der Waals surface area contributed by atoms with Gasteiger partial charge in [-0.15, -0.1) is 5.10 Å². The molecule has 21 heavy (non-hydrogen) atoms. The molecule has 0 aromatic heterocycles. The lowest BCUT2D eigenvalue weighted by Gasteiger charge is -2.27. The average Bonchev–Trinajstić information content (AvgIpc) is 2.50. The van der Waals surface area contributed by atoms with Gasteiger partial charge in [-0.3, -0.25) is 4.79 Å². The molecule has 1 atom stereocenters. The molecule has 7 heteroatoms. The molecule has 0 saturated heterocycles. The van der Waals surface area contributed by atoms with Crippen LogP contribution in [0, 0.1) is 28.6 Å². The molecule has 104 valence electrons. The zero-order valence-electron chi connectivity index (χ0n) is 11.3. The van der Waals surface area contributed by atoms with Crippen molar-refractivity contribution in [2.45, 2.75) is 13.3 Å². The largest absolute Gasteiger partial charge is 0.273 e. The van der Waals surface area contributed by atoms with Gasteiger partial charge < -0.3 is 0 Å². The Labute approximate surface area is 121 Å². The molecule has 1 aliphatic heterocycles. The second-order valence-corrected chi connectivity index (χ2v) is 4.43. The molecule has 2 rings (SSSR count). The van der Waals surface area contributed by atoms with Crippen molar-refractivity contribution in [3.05, 3.63) is 30.3 Å². The van der Waals surface area contributed by atoms with Crippen LogP contribution in [0.5, 0.6) is 0 Å². The smallest absolute Gasteiger partial charge is 0.240 e. The van der Waals surface area contributed by atoms with Crippen LogP contribution < -0.4 is 10.4 Å². The van der Waals surface area contributed by atoms with E-state index in [4.69, 9.17) is 10.5 Å². The number of carbonyl (C=O) groups is 1. The van der Waals surface area contributed by atoms with Crippen LogP contribution in [-0.2, 0) is 4.79 Å².